The van der Waals surface area contributed by atoms with Gasteiger partial charge < -0.3 is 4.74 Å². The smallest absolute Gasteiger partial charge is 0.309 e. The number of esters is 1. The maximum absolute atomic E-state index is 11.2. The second-order valence-corrected chi connectivity index (χ2v) is 4.90. The van der Waals surface area contributed by atoms with E-state index in [1.54, 1.807) is 0 Å². The molecule has 0 unspecified atom stereocenters. The molecule has 0 radical (unpaired) electrons. The molecule has 1 aliphatic rings. The fraction of sp³-hybridized carbons (Fsp3) is 0.308. The van der Waals surface area contributed by atoms with Crippen LogP contribution in [0, 0.1) is 5.92 Å². The molecule has 0 N–H and O–H groups in total. The molecule has 3 heteroatoms. The van der Waals surface area contributed by atoms with Gasteiger partial charge in [0.25, 0.3) is 0 Å². The van der Waals surface area contributed by atoms with Crippen molar-refractivity contribution in [2.75, 3.05) is 7.11 Å². The molecule has 84 valence electrons. The molecule has 16 heavy (non-hydrogen) atoms. The van der Waals surface area contributed by atoms with Gasteiger partial charge in [-0.1, -0.05) is 39.7 Å². The number of hydrogen-bond donors (Lipinski definition) is 0. The maximum Gasteiger partial charge on any atom is 0.309 e. The molecule has 0 spiro atoms. The van der Waals surface area contributed by atoms with Crippen molar-refractivity contribution in [3.05, 3.63) is 39.9 Å². The highest BCUT2D eigenvalue weighted by Gasteiger charge is 2.30. The standard InChI is InChI=1S/C13H13BrO2/c1-16-13(15)11-7-10(8-11)6-9-2-4-12(14)5-3-9/h2-6,11H,7-8H2,1H3. The van der Waals surface area contributed by atoms with E-state index in [0.29, 0.717) is 0 Å². The molecular weight excluding hydrogens is 268 g/mol. The van der Waals surface area contributed by atoms with Gasteiger partial charge in [-0.3, -0.25) is 4.79 Å². The molecule has 0 saturated heterocycles. The topological polar surface area (TPSA) is 26.3 Å². The van der Waals surface area contributed by atoms with Gasteiger partial charge in [-0.2, -0.15) is 0 Å². The minimum Gasteiger partial charge on any atom is -0.469 e. The molecule has 1 fully saturated rings. The number of ether oxygens (including phenoxy) is 1. The molecule has 2 rings (SSSR count). The first-order valence-corrected chi connectivity index (χ1v) is 6.01. The van der Waals surface area contributed by atoms with Gasteiger partial charge in [0.1, 0.15) is 0 Å². The first kappa shape index (κ1) is 11.4. The number of carbonyl (C=O) groups excluding carboxylic acids is 1. The Kier molecular flexibility index (Phi) is 3.44. The van der Waals surface area contributed by atoms with E-state index < -0.39 is 0 Å². The van der Waals surface area contributed by atoms with Crippen LogP contribution >= 0.6 is 15.9 Å². The van der Waals surface area contributed by atoms with Crippen LogP contribution < -0.4 is 0 Å². The molecule has 0 amide bonds. The van der Waals surface area contributed by atoms with E-state index in [1.165, 1.54) is 18.2 Å². The minimum absolute atomic E-state index is 0.0756. The molecule has 1 aromatic rings. The molecule has 0 bridgehead atoms. The second-order valence-electron chi connectivity index (χ2n) is 3.98. The van der Waals surface area contributed by atoms with E-state index in [4.69, 9.17) is 4.74 Å². The third-order valence-electron chi connectivity index (χ3n) is 2.79. The van der Waals surface area contributed by atoms with Crippen molar-refractivity contribution in [1.29, 1.82) is 0 Å². The molecule has 2 nitrogen and oxygen atoms in total. The third kappa shape index (κ3) is 2.53. The Labute approximate surface area is 103 Å². The summed E-state index contributed by atoms with van der Waals surface area (Å²) >= 11 is 3.40. The Morgan fingerprint density at radius 1 is 1.38 bits per heavy atom. The van der Waals surface area contributed by atoms with Crippen molar-refractivity contribution in [3.63, 3.8) is 0 Å². The molecular formula is C13H13BrO2. The molecule has 0 heterocycles. The summed E-state index contributed by atoms with van der Waals surface area (Å²) in [6.45, 7) is 0. The summed E-state index contributed by atoms with van der Waals surface area (Å²) < 4.78 is 5.78. The van der Waals surface area contributed by atoms with Crippen LogP contribution in [0.4, 0.5) is 0 Å². The molecule has 0 aromatic heterocycles. The molecule has 0 aliphatic heterocycles. The van der Waals surface area contributed by atoms with Crippen LogP contribution in [0.3, 0.4) is 0 Å². The van der Waals surface area contributed by atoms with Crippen molar-refractivity contribution in [3.8, 4) is 0 Å². The summed E-state index contributed by atoms with van der Waals surface area (Å²) in [5.74, 6) is -0.0142. The van der Waals surface area contributed by atoms with Gasteiger partial charge in [0.2, 0.25) is 0 Å². The summed E-state index contributed by atoms with van der Waals surface area (Å²) in [7, 11) is 1.44. The summed E-state index contributed by atoms with van der Waals surface area (Å²) in [6.07, 6.45) is 3.82. The quantitative estimate of drug-likeness (QED) is 0.776. The lowest BCUT2D eigenvalue weighted by Gasteiger charge is -2.26. The van der Waals surface area contributed by atoms with Crippen LogP contribution in [0.15, 0.2) is 34.3 Å². The average Bonchev–Trinajstić information content (AvgIpc) is 2.24. The Morgan fingerprint density at radius 2 is 2.00 bits per heavy atom. The van der Waals surface area contributed by atoms with Crippen LogP contribution in [-0.2, 0) is 9.53 Å². The Morgan fingerprint density at radius 3 is 2.56 bits per heavy atom. The summed E-state index contributed by atoms with van der Waals surface area (Å²) in [5, 5.41) is 0. The zero-order valence-electron chi connectivity index (χ0n) is 9.07. The number of carbonyl (C=O) groups is 1. The van der Waals surface area contributed by atoms with Crippen molar-refractivity contribution in [1.82, 2.24) is 0 Å². The van der Waals surface area contributed by atoms with E-state index >= 15 is 0 Å². The third-order valence-corrected chi connectivity index (χ3v) is 3.32. The Bertz CT molecular complexity index is 412. The summed E-state index contributed by atoms with van der Waals surface area (Å²) in [4.78, 5) is 11.2. The first-order chi connectivity index (χ1) is 7.69. The number of benzene rings is 1. The van der Waals surface area contributed by atoms with E-state index in [1.807, 2.05) is 12.1 Å². The van der Waals surface area contributed by atoms with Crippen LogP contribution in [0.5, 0.6) is 0 Å². The van der Waals surface area contributed by atoms with E-state index in [-0.39, 0.29) is 11.9 Å². The van der Waals surface area contributed by atoms with Crippen molar-refractivity contribution in [2.24, 2.45) is 5.92 Å². The number of rotatable bonds is 2. The number of halogens is 1. The first-order valence-electron chi connectivity index (χ1n) is 5.22. The monoisotopic (exact) mass is 280 g/mol. The normalized spacial score (nSPS) is 18.9. The SMILES string of the molecule is COC(=O)C1CC(=Cc2ccc(Br)cc2)C1. The predicted octanol–water partition coefficient (Wildman–Crippen LogP) is 3.42. The summed E-state index contributed by atoms with van der Waals surface area (Å²) in [6, 6.07) is 8.15. The van der Waals surface area contributed by atoms with Crippen LogP contribution in [0.25, 0.3) is 6.08 Å². The minimum atomic E-state index is -0.0899. The number of allylic oxidation sites excluding steroid dienone is 1. The lowest BCUT2D eigenvalue weighted by atomic mass is 9.79. The van der Waals surface area contributed by atoms with E-state index in [0.717, 1.165) is 17.3 Å². The molecule has 1 aliphatic carbocycles. The average molecular weight is 281 g/mol. The number of methoxy groups -OCH3 is 1. The molecule has 0 atom stereocenters. The van der Waals surface area contributed by atoms with Gasteiger partial charge in [0.05, 0.1) is 13.0 Å². The fourth-order valence-electron chi connectivity index (χ4n) is 1.82. The van der Waals surface area contributed by atoms with Crippen LogP contribution in [-0.4, -0.2) is 13.1 Å². The zero-order chi connectivity index (χ0) is 11.5. The van der Waals surface area contributed by atoms with Gasteiger partial charge in [-0.25, -0.2) is 0 Å². The van der Waals surface area contributed by atoms with Gasteiger partial charge in [0.15, 0.2) is 0 Å². The largest absolute Gasteiger partial charge is 0.469 e. The lowest BCUT2D eigenvalue weighted by Crippen LogP contribution is -2.25. The second kappa shape index (κ2) is 4.83. The highest BCUT2D eigenvalue weighted by Crippen LogP contribution is 2.35. The summed E-state index contributed by atoms with van der Waals surface area (Å²) in [5.41, 5.74) is 2.50. The lowest BCUT2D eigenvalue weighted by molar-refractivity contribution is -0.146. The zero-order valence-corrected chi connectivity index (χ0v) is 10.7. The highest BCUT2D eigenvalue weighted by atomic mass is 79.9. The van der Waals surface area contributed by atoms with Gasteiger partial charge >= 0.3 is 5.97 Å². The molecule has 1 saturated carbocycles. The van der Waals surface area contributed by atoms with Gasteiger partial charge in [-0.15, -0.1) is 0 Å². The fourth-order valence-corrected chi connectivity index (χ4v) is 2.08. The Balaban J connectivity index is 1.96. The van der Waals surface area contributed by atoms with Gasteiger partial charge in [0, 0.05) is 4.47 Å². The van der Waals surface area contributed by atoms with Crippen LogP contribution in [0.1, 0.15) is 18.4 Å². The Hall–Kier alpha value is -1.09. The predicted molar refractivity (Wildman–Crippen MR) is 66.9 cm³/mol. The number of hydrogen-bond acceptors (Lipinski definition) is 2. The van der Waals surface area contributed by atoms with E-state index in [9.17, 15) is 4.79 Å². The van der Waals surface area contributed by atoms with Gasteiger partial charge in [-0.05, 0) is 30.5 Å². The van der Waals surface area contributed by atoms with Crippen molar-refractivity contribution >= 4 is 28.0 Å². The van der Waals surface area contributed by atoms with Crippen molar-refractivity contribution in [2.45, 2.75) is 12.8 Å². The van der Waals surface area contributed by atoms with Crippen LogP contribution in [0.2, 0.25) is 0 Å². The maximum atomic E-state index is 11.2. The molecule has 1 aromatic carbocycles. The van der Waals surface area contributed by atoms with Crippen molar-refractivity contribution < 1.29 is 9.53 Å². The van der Waals surface area contributed by atoms with E-state index in [2.05, 4.69) is 34.1 Å². The highest BCUT2D eigenvalue weighted by molar-refractivity contribution is 9.10.